The first kappa shape index (κ1) is 11.2. The minimum absolute atomic E-state index is 0.774. The molecule has 1 aromatic heterocycles. The highest BCUT2D eigenvalue weighted by Gasteiger charge is 2.09. The quantitative estimate of drug-likeness (QED) is 0.758. The first-order valence-corrected chi connectivity index (χ1v) is 5.72. The lowest BCUT2D eigenvalue weighted by molar-refractivity contribution is 1.01. The van der Waals surface area contributed by atoms with Crippen LogP contribution in [0.15, 0.2) is 30.3 Å². The number of nitrogens with zero attached hydrogens (tertiary/aromatic N) is 1. The van der Waals surface area contributed by atoms with Crippen molar-refractivity contribution in [2.45, 2.75) is 20.3 Å². The molecule has 0 unspecified atom stereocenters. The second-order valence-corrected chi connectivity index (χ2v) is 4.11. The Bertz CT molecular complexity index is 468. The Hall–Kier alpha value is -1.34. The fourth-order valence-corrected chi connectivity index (χ4v) is 2.15. The number of halogens is 1. The van der Waals surface area contributed by atoms with E-state index in [2.05, 4.69) is 18.0 Å². The van der Waals surface area contributed by atoms with Crippen LogP contribution in [-0.4, -0.2) is 4.98 Å². The standard InChI is InChI=1S/C14H13ClN/c1-3-12-9-13(15)14(10(2)16-12)11-7-5-4-6-8-11/h5-9H,3H2,1-2H3. The lowest BCUT2D eigenvalue weighted by atomic mass is 10.0. The van der Waals surface area contributed by atoms with E-state index in [0.29, 0.717) is 0 Å². The Labute approximate surface area is 101 Å². The third-order valence-corrected chi connectivity index (χ3v) is 2.87. The van der Waals surface area contributed by atoms with E-state index in [9.17, 15) is 0 Å². The van der Waals surface area contributed by atoms with Gasteiger partial charge in [0.1, 0.15) is 0 Å². The van der Waals surface area contributed by atoms with E-state index in [0.717, 1.165) is 34.0 Å². The molecular weight excluding hydrogens is 218 g/mol. The number of pyridine rings is 1. The zero-order valence-electron chi connectivity index (χ0n) is 9.42. The molecule has 0 saturated heterocycles. The van der Waals surface area contributed by atoms with Gasteiger partial charge >= 0.3 is 0 Å². The molecule has 1 radical (unpaired) electrons. The highest BCUT2D eigenvalue weighted by molar-refractivity contribution is 6.33. The second kappa shape index (κ2) is 4.67. The Morgan fingerprint density at radius 2 is 2.00 bits per heavy atom. The van der Waals surface area contributed by atoms with Crippen LogP contribution in [0.3, 0.4) is 0 Å². The molecule has 0 aliphatic heterocycles. The van der Waals surface area contributed by atoms with Gasteiger partial charge in [0.05, 0.1) is 5.02 Å². The highest BCUT2D eigenvalue weighted by Crippen LogP contribution is 2.30. The zero-order chi connectivity index (χ0) is 11.5. The van der Waals surface area contributed by atoms with Gasteiger partial charge in [-0.15, -0.1) is 0 Å². The van der Waals surface area contributed by atoms with Crippen molar-refractivity contribution in [1.82, 2.24) is 4.98 Å². The predicted octanol–water partition coefficient (Wildman–Crippen LogP) is 4.07. The maximum atomic E-state index is 6.30. The van der Waals surface area contributed by atoms with Crippen LogP contribution in [0.4, 0.5) is 0 Å². The number of hydrogen-bond acceptors (Lipinski definition) is 1. The molecule has 0 aliphatic rings. The molecule has 0 aliphatic carbocycles. The summed E-state index contributed by atoms with van der Waals surface area (Å²) in [6.07, 6.45) is 0.906. The van der Waals surface area contributed by atoms with Crippen LogP contribution in [0.5, 0.6) is 0 Å². The molecule has 1 nitrogen and oxygen atoms in total. The summed E-state index contributed by atoms with van der Waals surface area (Å²) < 4.78 is 0. The number of hydrogen-bond donors (Lipinski definition) is 0. The van der Waals surface area contributed by atoms with Crippen molar-refractivity contribution in [3.05, 3.63) is 52.8 Å². The molecule has 0 N–H and O–H groups in total. The first-order valence-electron chi connectivity index (χ1n) is 5.35. The fourth-order valence-electron chi connectivity index (χ4n) is 1.78. The molecule has 2 heteroatoms. The van der Waals surface area contributed by atoms with Gasteiger partial charge in [-0.3, -0.25) is 4.98 Å². The zero-order valence-corrected chi connectivity index (χ0v) is 10.2. The van der Waals surface area contributed by atoms with Crippen molar-refractivity contribution in [2.75, 3.05) is 0 Å². The van der Waals surface area contributed by atoms with Gasteiger partial charge in [-0.1, -0.05) is 42.8 Å². The Kier molecular flexibility index (Phi) is 3.25. The molecular formula is C14H13ClN. The molecule has 0 amide bonds. The SMILES string of the molecule is CCc1cc(Cl)c(-c2cc[c]cc2)c(C)n1. The van der Waals surface area contributed by atoms with Crippen LogP contribution in [0.25, 0.3) is 11.1 Å². The monoisotopic (exact) mass is 230 g/mol. The van der Waals surface area contributed by atoms with Gasteiger partial charge in [0.15, 0.2) is 0 Å². The van der Waals surface area contributed by atoms with Gasteiger partial charge in [-0.25, -0.2) is 0 Å². The van der Waals surface area contributed by atoms with Crippen LogP contribution >= 0.6 is 11.6 Å². The van der Waals surface area contributed by atoms with Crippen LogP contribution in [0.1, 0.15) is 18.3 Å². The topological polar surface area (TPSA) is 12.9 Å². The molecule has 0 saturated carbocycles. The highest BCUT2D eigenvalue weighted by atomic mass is 35.5. The van der Waals surface area contributed by atoms with Gasteiger partial charge in [0.25, 0.3) is 0 Å². The van der Waals surface area contributed by atoms with E-state index in [-0.39, 0.29) is 0 Å². The van der Waals surface area contributed by atoms with E-state index < -0.39 is 0 Å². The number of aromatic nitrogens is 1. The minimum Gasteiger partial charge on any atom is -0.257 e. The summed E-state index contributed by atoms with van der Waals surface area (Å²) >= 11 is 6.30. The lowest BCUT2D eigenvalue weighted by Gasteiger charge is -2.09. The summed E-state index contributed by atoms with van der Waals surface area (Å²) in [6.45, 7) is 4.08. The summed E-state index contributed by atoms with van der Waals surface area (Å²) in [5, 5.41) is 0.774. The van der Waals surface area contributed by atoms with Crippen molar-refractivity contribution in [3.63, 3.8) is 0 Å². The summed E-state index contributed by atoms with van der Waals surface area (Å²) in [5.41, 5.74) is 4.13. The van der Waals surface area contributed by atoms with Crippen LogP contribution in [0.2, 0.25) is 5.02 Å². The van der Waals surface area contributed by atoms with Crippen molar-refractivity contribution in [2.24, 2.45) is 0 Å². The molecule has 1 aromatic carbocycles. The summed E-state index contributed by atoms with van der Waals surface area (Å²) in [7, 11) is 0. The average Bonchev–Trinajstić information content (AvgIpc) is 2.29. The molecule has 0 bridgehead atoms. The third-order valence-electron chi connectivity index (χ3n) is 2.57. The molecule has 0 fully saturated rings. The largest absolute Gasteiger partial charge is 0.257 e. The maximum Gasteiger partial charge on any atom is 0.0520 e. The van der Waals surface area contributed by atoms with Gasteiger partial charge in [-0.2, -0.15) is 0 Å². The summed E-state index contributed by atoms with van der Waals surface area (Å²) in [5.74, 6) is 0. The van der Waals surface area contributed by atoms with Crippen LogP contribution in [0, 0.1) is 13.0 Å². The predicted molar refractivity (Wildman–Crippen MR) is 67.6 cm³/mol. The average molecular weight is 231 g/mol. The van der Waals surface area contributed by atoms with Crippen molar-refractivity contribution in [3.8, 4) is 11.1 Å². The lowest BCUT2D eigenvalue weighted by Crippen LogP contribution is -1.94. The fraction of sp³-hybridized carbons (Fsp3) is 0.214. The molecule has 0 spiro atoms. The van der Waals surface area contributed by atoms with Gasteiger partial charge in [0.2, 0.25) is 0 Å². The van der Waals surface area contributed by atoms with E-state index in [1.54, 1.807) is 0 Å². The van der Waals surface area contributed by atoms with E-state index in [4.69, 9.17) is 11.6 Å². The van der Waals surface area contributed by atoms with Crippen molar-refractivity contribution < 1.29 is 0 Å². The molecule has 16 heavy (non-hydrogen) atoms. The number of rotatable bonds is 2. The number of aryl methyl sites for hydroxylation is 2. The van der Waals surface area contributed by atoms with Crippen LogP contribution < -0.4 is 0 Å². The van der Waals surface area contributed by atoms with Crippen LogP contribution in [-0.2, 0) is 6.42 Å². The first-order chi connectivity index (χ1) is 7.72. The molecule has 0 atom stereocenters. The summed E-state index contributed by atoms with van der Waals surface area (Å²) in [4.78, 5) is 4.53. The second-order valence-electron chi connectivity index (χ2n) is 3.70. The van der Waals surface area contributed by atoms with E-state index in [1.165, 1.54) is 0 Å². The van der Waals surface area contributed by atoms with E-state index >= 15 is 0 Å². The normalized spacial score (nSPS) is 10.4. The smallest absolute Gasteiger partial charge is 0.0520 e. The Balaban J connectivity index is 2.58. The minimum atomic E-state index is 0.774. The Morgan fingerprint density at radius 3 is 2.56 bits per heavy atom. The molecule has 2 aromatic rings. The molecule has 2 rings (SSSR count). The van der Waals surface area contributed by atoms with Gasteiger partial charge in [-0.05, 0) is 31.0 Å². The third kappa shape index (κ3) is 2.10. The summed E-state index contributed by atoms with van der Waals surface area (Å²) in [6, 6.07) is 12.7. The molecule has 1 heterocycles. The van der Waals surface area contributed by atoms with Crippen molar-refractivity contribution in [1.29, 1.82) is 0 Å². The molecule has 81 valence electrons. The number of benzene rings is 1. The Morgan fingerprint density at radius 1 is 1.31 bits per heavy atom. The maximum absolute atomic E-state index is 6.30. The van der Waals surface area contributed by atoms with Crippen molar-refractivity contribution >= 4 is 11.6 Å². The van der Waals surface area contributed by atoms with E-state index in [1.807, 2.05) is 37.3 Å². The van der Waals surface area contributed by atoms with Gasteiger partial charge in [0, 0.05) is 17.0 Å². The van der Waals surface area contributed by atoms with Gasteiger partial charge < -0.3 is 0 Å².